The van der Waals surface area contributed by atoms with Crippen LogP contribution < -0.4 is 9.88 Å². The highest BCUT2D eigenvalue weighted by atomic mass is 16.3. The number of nitrogens with one attached hydrogen (secondary N) is 1. The Bertz CT molecular complexity index is 1150. The summed E-state index contributed by atoms with van der Waals surface area (Å²) in [6.45, 7) is 1.96. The van der Waals surface area contributed by atoms with E-state index in [-0.39, 0.29) is 22.8 Å². The largest absolute Gasteiger partial charge is 0.762 e. The molecule has 6 nitrogen and oxygen atoms in total. The van der Waals surface area contributed by atoms with Gasteiger partial charge in [-0.1, -0.05) is 36.4 Å². The van der Waals surface area contributed by atoms with Gasteiger partial charge in [0.1, 0.15) is 6.07 Å². The SMILES string of the molecule is Cc1cccc[n+]1[C@H]1[C@@H](c2ccccc2)C(C#N)=C(C(=C=[N-])C#N)N[C@@]1(O)C1CC1. The molecule has 1 aliphatic heterocycles. The van der Waals surface area contributed by atoms with Crippen LogP contribution in [0, 0.1) is 35.5 Å². The van der Waals surface area contributed by atoms with Crippen LogP contribution in [0.4, 0.5) is 0 Å². The molecule has 2 aliphatic rings. The summed E-state index contributed by atoms with van der Waals surface area (Å²) in [6.07, 6.45) is 3.57. The van der Waals surface area contributed by atoms with Crippen molar-refractivity contribution in [2.75, 3.05) is 0 Å². The Balaban J connectivity index is 2.06. The van der Waals surface area contributed by atoms with Crippen molar-refractivity contribution in [2.45, 2.75) is 37.5 Å². The van der Waals surface area contributed by atoms with Crippen molar-refractivity contribution in [2.24, 2.45) is 5.92 Å². The zero-order valence-corrected chi connectivity index (χ0v) is 16.6. The topological polar surface area (TPSA) is 106 Å². The van der Waals surface area contributed by atoms with Gasteiger partial charge in [0.05, 0.1) is 28.8 Å². The molecule has 2 aromatic rings. The van der Waals surface area contributed by atoms with Crippen LogP contribution >= 0.6 is 0 Å². The summed E-state index contributed by atoms with van der Waals surface area (Å²) in [5.41, 5.74) is 0.602. The minimum atomic E-state index is -1.41. The van der Waals surface area contributed by atoms with Crippen molar-refractivity contribution < 1.29 is 9.67 Å². The third-order valence-electron chi connectivity index (χ3n) is 6.03. The molecule has 1 saturated carbocycles. The highest BCUT2D eigenvalue weighted by Crippen LogP contribution is 2.52. The first kappa shape index (κ1) is 19.6. The summed E-state index contributed by atoms with van der Waals surface area (Å²) >= 11 is 0. The Morgan fingerprint density at radius 1 is 1.17 bits per heavy atom. The van der Waals surface area contributed by atoms with Gasteiger partial charge in [0.2, 0.25) is 11.8 Å². The van der Waals surface area contributed by atoms with Crippen LogP contribution in [0.3, 0.4) is 0 Å². The normalized spacial score (nSPS) is 25.5. The smallest absolute Gasteiger partial charge is 0.217 e. The molecular weight excluding hydrogens is 374 g/mol. The molecule has 2 N–H and O–H groups in total. The molecule has 4 rings (SSSR count). The predicted molar refractivity (Wildman–Crippen MR) is 111 cm³/mol. The van der Waals surface area contributed by atoms with Crippen molar-refractivity contribution >= 4 is 5.87 Å². The number of aryl methyl sites for hydroxylation is 1. The van der Waals surface area contributed by atoms with Gasteiger partial charge in [-0.2, -0.15) is 15.1 Å². The number of rotatable bonds is 4. The molecule has 1 fully saturated rings. The zero-order valence-electron chi connectivity index (χ0n) is 16.6. The van der Waals surface area contributed by atoms with E-state index in [0.29, 0.717) is 0 Å². The number of hydrogen-bond donors (Lipinski definition) is 2. The Labute approximate surface area is 175 Å². The molecule has 30 heavy (non-hydrogen) atoms. The summed E-state index contributed by atoms with van der Waals surface area (Å²) in [5.74, 6) is 1.31. The number of nitriles is 2. The van der Waals surface area contributed by atoms with Crippen LogP contribution in [0.5, 0.6) is 0 Å². The van der Waals surface area contributed by atoms with Gasteiger partial charge in [-0.05, 0) is 18.4 Å². The van der Waals surface area contributed by atoms with E-state index in [4.69, 9.17) is 0 Å². The number of hydrogen-bond acceptors (Lipinski definition) is 4. The molecule has 0 unspecified atom stereocenters. The van der Waals surface area contributed by atoms with E-state index in [9.17, 15) is 21.0 Å². The molecule has 148 valence electrons. The number of aliphatic hydroxyl groups is 1. The molecule has 6 heteroatoms. The van der Waals surface area contributed by atoms with Crippen molar-refractivity contribution in [3.63, 3.8) is 0 Å². The van der Waals surface area contributed by atoms with Crippen LogP contribution in [0.25, 0.3) is 5.41 Å². The number of pyridine rings is 1. The Morgan fingerprint density at radius 3 is 2.43 bits per heavy atom. The second-order valence-electron chi connectivity index (χ2n) is 7.81. The van der Waals surface area contributed by atoms with Gasteiger partial charge in [0, 0.05) is 25.0 Å². The van der Waals surface area contributed by atoms with E-state index in [1.54, 1.807) is 0 Å². The molecule has 0 amide bonds. The van der Waals surface area contributed by atoms with Crippen LogP contribution in [0.15, 0.2) is 71.6 Å². The van der Waals surface area contributed by atoms with Gasteiger partial charge in [-0.15, -0.1) is 0 Å². The molecule has 2 heterocycles. The van der Waals surface area contributed by atoms with E-state index in [1.807, 2.05) is 78.2 Å². The molecule has 0 radical (unpaired) electrons. The average Bonchev–Trinajstić information content (AvgIpc) is 3.62. The lowest BCUT2D eigenvalue weighted by Gasteiger charge is -2.43. The van der Waals surface area contributed by atoms with Crippen molar-refractivity contribution in [3.05, 3.63) is 88.2 Å². The quantitative estimate of drug-likeness (QED) is 0.472. The fourth-order valence-electron chi connectivity index (χ4n) is 4.47. The molecule has 1 aromatic carbocycles. The van der Waals surface area contributed by atoms with Gasteiger partial charge >= 0.3 is 0 Å². The maximum Gasteiger partial charge on any atom is 0.217 e. The van der Waals surface area contributed by atoms with E-state index >= 15 is 0 Å². The number of nitrogens with zero attached hydrogens (tertiary/aromatic N) is 4. The standard InChI is InChI=1S/C24H21N5O/c1-16-7-5-6-12-29(16)23-21(17-8-3-2-4-9-17)20(15-27)22(18(13-25)14-26)28-24(23,30)19-10-11-19/h2-9,12,19,21,23,28,30H,10-11H2,1H3/t21-,23-,24+/m0/s1. The lowest BCUT2D eigenvalue weighted by molar-refractivity contribution is -0.747. The molecule has 0 spiro atoms. The third kappa shape index (κ3) is 3.09. The first-order chi connectivity index (χ1) is 14.5. The van der Waals surface area contributed by atoms with Crippen LogP contribution in [-0.2, 0) is 0 Å². The first-order valence-electron chi connectivity index (χ1n) is 9.89. The molecule has 1 aliphatic carbocycles. The Morgan fingerprint density at radius 2 is 1.87 bits per heavy atom. The second kappa shape index (κ2) is 7.61. The van der Waals surface area contributed by atoms with Crippen molar-refractivity contribution in [1.82, 2.24) is 5.32 Å². The van der Waals surface area contributed by atoms with Crippen LogP contribution in [-0.4, -0.2) is 16.7 Å². The highest BCUT2D eigenvalue weighted by molar-refractivity contribution is 5.74. The van der Waals surface area contributed by atoms with Gasteiger partial charge in [-0.3, -0.25) is 0 Å². The van der Waals surface area contributed by atoms with E-state index < -0.39 is 17.7 Å². The van der Waals surface area contributed by atoms with Gasteiger partial charge in [0.25, 0.3) is 0 Å². The van der Waals surface area contributed by atoms with Crippen LogP contribution in [0.2, 0.25) is 0 Å². The summed E-state index contributed by atoms with van der Waals surface area (Å²) in [7, 11) is 0. The number of allylic oxidation sites excluding steroid dienone is 2. The maximum absolute atomic E-state index is 12.0. The molecule has 3 atom stereocenters. The summed E-state index contributed by atoms with van der Waals surface area (Å²) in [5, 5.41) is 44.2. The van der Waals surface area contributed by atoms with Crippen LogP contribution in [0.1, 0.15) is 36.1 Å². The second-order valence-corrected chi connectivity index (χ2v) is 7.81. The minimum Gasteiger partial charge on any atom is -0.762 e. The fraction of sp³-hybridized carbons (Fsp3) is 0.292. The highest BCUT2D eigenvalue weighted by Gasteiger charge is 2.61. The Hall–Kier alpha value is -3.70. The number of benzene rings is 1. The maximum atomic E-state index is 12.0. The van der Waals surface area contributed by atoms with Crippen molar-refractivity contribution in [3.8, 4) is 12.1 Å². The predicted octanol–water partition coefficient (Wildman–Crippen LogP) is 2.78. The molecule has 0 saturated heterocycles. The summed E-state index contributed by atoms with van der Waals surface area (Å²) in [6, 6.07) is 18.9. The summed E-state index contributed by atoms with van der Waals surface area (Å²) in [4.78, 5) is 0. The Kier molecular flexibility index (Phi) is 4.98. The fourth-order valence-corrected chi connectivity index (χ4v) is 4.47. The zero-order chi connectivity index (χ0) is 21.3. The molecule has 1 aromatic heterocycles. The monoisotopic (exact) mass is 395 g/mol. The average molecular weight is 395 g/mol. The molecular formula is C24H21N5O. The van der Waals surface area contributed by atoms with Gasteiger partial charge in [0.15, 0.2) is 11.9 Å². The van der Waals surface area contributed by atoms with E-state index in [2.05, 4.69) is 11.4 Å². The first-order valence-corrected chi connectivity index (χ1v) is 9.89. The van der Waals surface area contributed by atoms with Gasteiger partial charge < -0.3 is 15.8 Å². The third-order valence-corrected chi connectivity index (χ3v) is 6.03. The van der Waals surface area contributed by atoms with E-state index in [1.165, 1.54) is 0 Å². The lowest BCUT2D eigenvalue weighted by Crippen LogP contribution is -2.66. The lowest BCUT2D eigenvalue weighted by atomic mass is 9.73. The van der Waals surface area contributed by atoms with Crippen molar-refractivity contribution in [1.29, 1.82) is 10.5 Å². The minimum absolute atomic E-state index is 0.0466. The number of aromatic nitrogens is 1. The van der Waals surface area contributed by atoms with Gasteiger partial charge in [-0.25, -0.2) is 5.87 Å². The molecule has 0 bridgehead atoms. The summed E-state index contributed by atoms with van der Waals surface area (Å²) < 4.78 is 2.00. The van der Waals surface area contributed by atoms with E-state index in [0.717, 1.165) is 24.1 Å².